The van der Waals surface area contributed by atoms with Gasteiger partial charge in [0.15, 0.2) is 6.10 Å². The summed E-state index contributed by atoms with van der Waals surface area (Å²) < 4.78 is 16.5. The van der Waals surface area contributed by atoms with Gasteiger partial charge in [-0.05, 0) is 19.3 Å². The molecule has 284 valence electrons. The van der Waals surface area contributed by atoms with Gasteiger partial charge in [0, 0.05) is 19.3 Å². The molecular weight excluding hydrogens is 600 g/mol. The Hall–Kier alpha value is -1.59. The number of esters is 3. The molecule has 0 rings (SSSR count). The number of carbonyl (C=O) groups excluding carboxylic acids is 3. The van der Waals surface area contributed by atoms with Gasteiger partial charge >= 0.3 is 17.9 Å². The summed E-state index contributed by atoms with van der Waals surface area (Å²) in [5.74, 6) is -0.871. The molecule has 0 bridgehead atoms. The van der Waals surface area contributed by atoms with Crippen molar-refractivity contribution < 1.29 is 28.6 Å². The van der Waals surface area contributed by atoms with E-state index in [1.807, 2.05) is 0 Å². The van der Waals surface area contributed by atoms with Gasteiger partial charge in [0.25, 0.3) is 0 Å². The van der Waals surface area contributed by atoms with Crippen LogP contribution in [0.4, 0.5) is 0 Å². The Morgan fingerprint density at radius 3 is 0.833 bits per heavy atom. The first-order valence-corrected chi connectivity index (χ1v) is 21.0. The van der Waals surface area contributed by atoms with Crippen molar-refractivity contribution in [1.29, 1.82) is 0 Å². The van der Waals surface area contributed by atoms with E-state index in [9.17, 15) is 14.4 Å². The van der Waals surface area contributed by atoms with E-state index in [1.54, 1.807) is 0 Å². The van der Waals surface area contributed by atoms with Crippen LogP contribution in [0.15, 0.2) is 0 Å². The summed E-state index contributed by atoms with van der Waals surface area (Å²) in [5.41, 5.74) is 0. The summed E-state index contributed by atoms with van der Waals surface area (Å²) in [7, 11) is 0. The van der Waals surface area contributed by atoms with Crippen LogP contribution in [0, 0.1) is 0 Å². The van der Waals surface area contributed by atoms with Crippen molar-refractivity contribution in [1.82, 2.24) is 0 Å². The Labute approximate surface area is 298 Å². The van der Waals surface area contributed by atoms with Crippen LogP contribution in [0.25, 0.3) is 0 Å². The Bertz CT molecular complexity index is 708. The molecule has 0 aromatic rings. The fraction of sp³-hybridized carbons (Fsp3) is 0.929. The fourth-order valence-electron chi connectivity index (χ4n) is 6.15. The maximum absolute atomic E-state index is 12.6. The number of ether oxygens (including phenoxy) is 3. The van der Waals surface area contributed by atoms with Crippen LogP contribution in [0.5, 0.6) is 0 Å². The molecule has 6 nitrogen and oxygen atoms in total. The van der Waals surface area contributed by atoms with Gasteiger partial charge in [-0.1, -0.05) is 194 Å². The molecule has 0 saturated carbocycles. The zero-order valence-corrected chi connectivity index (χ0v) is 32.3. The van der Waals surface area contributed by atoms with Crippen LogP contribution in [-0.2, 0) is 28.6 Å². The third-order valence-electron chi connectivity index (χ3n) is 9.36. The molecular formula is C42H80O6. The molecule has 0 unspecified atom stereocenters. The highest BCUT2D eigenvalue weighted by Gasteiger charge is 2.19. The minimum absolute atomic E-state index is 0.0643. The largest absolute Gasteiger partial charge is 0.462 e. The predicted octanol–water partition coefficient (Wildman–Crippen LogP) is 12.9. The standard InChI is InChI=1S/C42H80O6/c1-4-7-10-13-15-17-19-20-21-23-24-26-29-32-35-41(44)47-38-39(37-46-40(43)34-31-28-12-9-6-3)48-42(45)36-33-30-27-25-22-18-16-14-11-8-5-2/h39H,4-38H2,1-3H3/t39-/m1/s1. The Morgan fingerprint density at radius 1 is 0.333 bits per heavy atom. The summed E-state index contributed by atoms with van der Waals surface area (Å²) in [5, 5.41) is 0. The van der Waals surface area contributed by atoms with E-state index >= 15 is 0 Å². The van der Waals surface area contributed by atoms with Gasteiger partial charge in [-0.2, -0.15) is 0 Å². The normalized spacial score (nSPS) is 11.8. The number of unbranched alkanes of at least 4 members (excludes halogenated alkanes) is 27. The smallest absolute Gasteiger partial charge is 0.306 e. The van der Waals surface area contributed by atoms with E-state index in [0.717, 1.165) is 64.2 Å². The summed E-state index contributed by atoms with van der Waals surface area (Å²) in [4.78, 5) is 37.3. The molecule has 0 saturated heterocycles. The van der Waals surface area contributed by atoms with Gasteiger partial charge in [-0.15, -0.1) is 0 Å². The van der Waals surface area contributed by atoms with Crippen molar-refractivity contribution in [2.75, 3.05) is 13.2 Å². The van der Waals surface area contributed by atoms with Crippen LogP contribution in [0.1, 0.15) is 233 Å². The fourth-order valence-corrected chi connectivity index (χ4v) is 6.15. The summed E-state index contributed by atoms with van der Waals surface area (Å²) in [6.45, 7) is 6.55. The van der Waals surface area contributed by atoms with Crippen molar-refractivity contribution in [3.63, 3.8) is 0 Å². The zero-order valence-electron chi connectivity index (χ0n) is 32.3. The maximum Gasteiger partial charge on any atom is 0.306 e. The molecule has 0 aliphatic carbocycles. The Kier molecular flexibility index (Phi) is 36.9. The molecule has 48 heavy (non-hydrogen) atoms. The number of hydrogen-bond acceptors (Lipinski definition) is 6. The third-order valence-corrected chi connectivity index (χ3v) is 9.36. The highest BCUT2D eigenvalue weighted by Crippen LogP contribution is 2.15. The molecule has 0 heterocycles. The minimum atomic E-state index is -0.755. The molecule has 0 fully saturated rings. The lowest BCUT2D eigenvalue weighted by molar-refractivity contribution is -0.167. The van der Waals surface area contributed by atoms with Crippen molar-refractivity contribution in [2.45, 2.75) is 239 Å². The van der Waals surface area contributed by atoms with Gasteiger partial charge in [0.1, 0.15) is 13.2 Å². The number of hydrogen-bond donors (Lipinski definition) is 0. The first-order valence-electron chi connectivity index (χ1n) is 21.0. The molecule has 0 aromatic heterocycles. The summed E-state index contributed by atoms with van der Waals surface area (Å²) in [6.07, 6.45) is 36.8. The molecule has 6 heteroatoms. The maximum atomic E-state index is 12.6. The van der Waals surface area contributed by atoms with Crippen molar-refractivity contribution in [2.24, 2.45) is 0 Å². The highest BCUT2D eigenvalue weighted by molar-refractivity contribution is 5.71. The molecule has 0 aliphatic rings. The quantitative estimate of drug-likeness (QED) is 0.0367. The van der Waals surface area contributed by atoms with Crippen LogP contribution in [0.3, 0.4) is 0 Å². The average Bonchev–Trinajstić information content (AvgIpc) is 3.08. The topological polar surface area (TPSA) is 78.9 Å². The van der Waals surface area contributed by atoms with Crippen molar-refractivity contribution in [3.05, 3.63) is 0 Å². The first kappa shape index (κ1) is 46.4. The lowest BCUT2D eigenvalue weighted by Crippen LogP contribution is -2.30. The predicted molar refractivity (Wildman–Crippen MR) is 201 cm³/mol. The average molecular weight is 681 g/mol. The summed E-state index contributed by atoms with van der Waals surface area (Å²) >= 11 is 0. The molecule has 0 N–H and O–H groups in total. The minimum Gasteiger partial charge on any atom is -0.462 e. The molecule has 0 radical (unpaired) electrons. The number of carbonyl (C=O) groups is 3. The molecule has 0 spiro atoms. The van der Waals surface area contributed by atoms with Gasteiger partial charge in [0.2, 0.25) is 0 Å². The SMILES string of the molecule is CCCCCCCCCCCCCCCCC(=O)OC[C@@H](COC(=O)CCCCCCC)OC(=O)CCCCCCCCCCCCC. The molecule has 0 aromatic carbocycles. The van der Waals surface area contributed by atoms with E-state index in [1.165, 1.54) is 128 Å². The van der Waals surface area contributed by atoms with Crippen molar-refractivity contribution in [3.8, 4) is 0 Å². The second-order valence-corrected chi connectivity index (χ2v) is 14.3. The Balaban J connectivity index is 4.20. The van der Waals surface area contributed by atoms with Crippen LogP contribution < -0.4 is 0 Å². The second-order valence-electron chi connectivity index (χ2n) is 14.3. The van der Waals surface area contributed by atoms with Gasteiger partial charge < -0.3 is 14.2 Å². The highest BCUT2D eigenvalue weighted by atomic mass is 16.6. The lowest BCUT2D eigenvalue weighted by atomic mass is 10.0. The monoisotopic (exact) mass is 681 g/mol. The van der Waals surface area contributed by atoms with Gasteiger partial charge in [0.05, 0.1) is 0 Å². The van der Waals surface area contributed by atoms with E-state index < -0.39 is 6.10 Å². The first-order chi connectivity index (χ1) is 23.5. The van der Waals surface area contributed by atoms with E-state index in [-0.39, 0.29) is 31.1 Å². The van der Waals surface area contributed by atoms with Gasteiger partial charge in [-0.25, -0.2) is 0 Å². The van der Waals surface area contributed by atoms with Crippen LogP contribution >= 0.6 is 0 Å². The summed E-state index contributed by atoms with van der Waals surface area (Å²) in [6, 6.07) is 0. The van der Waals surface area contributed by atoms with Crippen LogP contribution in [0.2, 0.25) is 0 Å². The van der Waals surface area contributed by atoms with Crippen LogP contribution in [-0.4, -0.2) is 37.2 Å². The zero-order chi connectivity index (χ0) is 35.2. The third kappa shape index (κ3) is 35.7. The Morgan fingerprint density at radius 2 is 0.562 bits per heavy atom. The second kappa shape index (κ2) is 38.2. The van der Waals surface area contributed by atoms with E-state index in [0.29, 0.717) is 19.3 Å². The van der Waals surface area contributed by atoms with Gasteiger partial charge in [-0.3, -0.25) is 14.4 Å². The molecule has 1 atom stereocenters. The molecule has 0 amide bonds. The van der Waals surface area contributed by atoms with E-state index in [4.69, 9.17) is 14.2 Å². The lowest BCUT2D eigenvalue weighted by Gasteiger charge is -2.18. The molecule has 0 aliphatic heterocycles. The van der Waals surface area contributed by atoms with E-state index in [2.05, 4.69) is 20.8 Å². The number of rotatable bonds is 38. The van der Waals surface area contributed by atoms with Crippen molar-refractivity contribution >= 4 is 17.9 Å².